The van der Waals surface area contributed by atoms with Gasteiger partial charge in [-0.1, -0.05) is 20.8 Å². The van der Waals surface area contributed by atoms with Gasteiger partial charge in [-0.3, -0.25) is 9.80 Å². The fourth-order valence-corrected chi connectivity index (χ4v) is 7.00. The zero-order valence-corrected chi connectivity index (χ0v) is 20.5. The summed E-state index contributed by atoms with van der Waals surface area (Å²) in [5.41, 5.74) is 1.57. The maximum absolute atomic E-state index is 2.87. The quantitative estimate of drug-likeness (QED) is 0.623. The number of hydrogen-bond donors (Lipinski definition) is 0. The van der Waals surface area contributed by atoms with Crippen molar-refractivity contribution in [2.75, 3.05) is 39.3 Å². The minimum Gasteiger partial charge on any atom is -0.300 e. The molecular formula is C26H49N3. The molecule has 1 spiro atoms. The lowest BCUT2D eigenvalue weighted by Gasteiger charge is -2.58. The molecule has 4 rings (SSSR count). The normalized spacial score (nSPS) is 30.0. The molecule has 0 amide bonds. The SMILES string of the molecule is CC(C)(C)C1CCC2(CC1)CN(C1CCN(C3CCN(C(C)(C)C)CC3)CC1)C2. The smallest absolute Gasteiger partial charge is 0.0125 e. The molecule has 4 fully saturated rings. The van der Waals surface area contributed by atoms with E-state index in [2.05, 4.69) is 56.2 Å². The Morgan fingerprint density at radius 3 is 1.59 bits per heavy atom. The van der Waals surface area contributed by atoms with Gasteiger partial charge in [0.15, 0.2) is 0 Å². The van der Waals surface area contributed by atoms with Gasteiger partial charge in [0.1, 0.15) is 0 Å². The van der Waals surface area contributed by atoms with Gasteiger partial charge in [-0.15, -0.1) is 0 Å². The lowest BCUT2D eigenvalue weighted by Crippen LogP contribution is -2.63. The lowest BCUT2D eigenvalue weighted by molar-refractivity contribution is -0.0852. The highest BCUT2D eigenvalue weighted by molar-refractivity contribution is 5.02. The van der Waals surface area contributed by atoms with E-state index in [1.807, 2.05) is 0 Å². The molecule has 0 aromatic carbocycles. The average molecular weight is 404 g/mol. The van der Waals surface area contributed by atoms with E-state index in [0.29, 0.717) is 16.4 Å². The van der Waals surface area contributed by atoms with Gasteiger partial charge in [0.25, 0.3) is 0 Å². The Kier molecular flexibility index (Phi) is 6.17. The minimum absolute atomic E-state index is 0.345. The minimum atomic E-state index is 0.345. The first kappa shape index (κ1) is 22.1. The molecule has 0 bridgehead atoms. The maximum Gasteiger partial charge on any atom is 0.0125 e. The highest BCUT2D eigenvalue weighted by Crippen LogP contribution is 2.50. The van der Waals surface area contributed by atoms with E-state index in [1.165, 1.54) is 90.6 Å². The number of nitrogens with zero attached hydrogens (tertiary/aromatic N) is 3. The van der Waals surface area contributed by atoms with Gasteiger partial charge in [-0.05, 0) is 102 Å². The van der Waals surface area contributed by atoms with Gasteiger partial charge >= 0.3 is 0 Å². The summed E-state index contributed by atoms with van der Waals surface area (Å²) < 4.78 is 0. The summed E-state index contributed by atoms with van der Waals surface area (Å²) in [4.78, 5) is 8.40. The summed E-state index contributed by atoms with van der Waals surface area (Å²) in [6.45, 7) is 22.6. The van der Waals surface area contributed by atoms with Crippen molar-refractivity contribution in [3.8, 4) is 0 Å². The standard InChI is InChI=1S/C26H49N3/c1-24(2,3)21-7-13-26(14-8-21)19-28(20-26)23-9-15-27(16-10-23)22-11-17-29(18-12-22)25(4,5)6/h21-23H,7-20H2,1-6H3. The fraction of sp³-hybridized carbons (Fsp3) is 1.00. The zero-order valence-electron chi connectivity index (χ0n) is 20.5. The molecule has 1 aliphatic carbocycles. The molecule has 0 aromatic rings. The van der Waals surface area contributed by atoms with E-state index >= 15 is 0 Å². The predicted octanol–water partition coefficient (Wildman–Crippen LogP) is 5.25. The van der Waals surface area contributed by atoms with Crippen LogP contribution in [0.4, 0.5) is 0 Å². The molecule has 3 aliphatic heterocycles. The van der Waals surface area contributed by atoms with Crippen LogP contribution >= 0.6 is 0 Å². The Morgan fingerprint density at radius 2 is 1.10 bits per heavy atom. The Balaban J connectivity index is 1.18. The van der Waals surface area contributed by atoms with E-state index in [0.717, 1.165) is 18.0 Å². The Bertz CT molecular complexity index is 525. The van der Waals surface area contributed by atoms with Crippen molar-refractivity contribution < 1.29 is 0 Å². The van der Waals surface area contributed by atoms with Crippen LogP contribution in [-0.2, 0) is 0 Å². The summed E-state index contributed by atoms with van der Waals surface area (Å²) in [7, 11) is 0. The zero-order chi connectivity index (χ0) is 20.9. The predicted molar refractivity (Wildman–Crippen MR) is 124 cm³/mol. The number of piperidine rings is 2. The van der Waals surface area contributed by atoms with E-state index in [1.54, 1.807) is 0 Å². The van der Waals surface area contributed by atoms with Gasteiger partial charge in [-0.25, -0.2) is 0 Å². The molecule has 0 radical (unpaired) electrons. The maximum atomic E-state index is 2.87. The molecule has 0 atom stereocenters. The van der Waals surface area contributed by atoms with Crippen molar-refractivity contribution in [1.29, 1.82) is 0 Å². The van der Waals surface area contributed by atoms with Crippen LogP contribution < -0.4 is 0 Å². The van der Waals surface area contributed by atoms with Crippen LogP contribution in [-0.4, -0.2) is 71.6 Å². The van der Waals surface area contributed by atoms with E-state index < -0.39 is 0 Å². The van der Waals surface area contributed by atoms with Gasteiger partial charge in [0.05, 0.1) is 0 Å². The Morgan fingerprint density at radius 1 is 0.621 bits per heavy atom. The van der Waals surface area contributed by atoms with Crippen molar-refractivity contribution in [3.05, 3.63) is 0 Å². The molecular weight excluding hydrogens is 354 g/mol. The first-order valence-corrected chi connectivity index (χ1v) is 12.8. The third kappa shape index (κ3) is 4.88. The van der Waals surface area contributed by atoms with Crippen molar-refractivity contribution in [2.45, 2.75) is 111 Å². The van der Waals surface area contributed by atoms with E-state index in [-0.39, 0.29) is 0 Å². The molecule has 3 heteroatoms. The number of hydrogen-bond acceptors (Lipinski definition) is 3. The monoisotopic (exact) mass is 403 g/mol. The van der Waals surface area contributed by atoms with Crippen LogP contribution in [0.15, 0.2) is 0 Å². The Hall–Kier alpha value is -0.120. The van der Waals surface area contributed by atoms with E-state index in [9.17, 15) is 0 Å². The molecule has 3 saturated heterocycles. The molecule has 0 aromatic heterocycles. The first-order chi connectivity index (χ1) is 13.6. The molecule has 3 heterocycles. The topological polar surface area (TPSA) is 9.72 Å². The van der Waals surface area contributed by atoms with Crippen molar-refractivity contribution >= 4 is 0 Å². The van der Waals surface area contributed by atoms with Crippen molar-refractivity contribution in [3.63, 3.8) is 0 Å². The highest BCUT2D eigenvalue weighted by atomic mass is 15.3. The van der Waals surface area contributed by atoms with Crippen LogP contribution in [0.3, 0.4) is 0 Å². The van der Waals surface area contributed by atoms with Crippen LogP contribution in [0, 0.1) is 16.7 Å². The summed E-state index contributed by atoms with van der Waals surface area (Å²) in [5.74, 6) is 0.954. The van der Waals surface area contributed by atoms with Crippen LogP contribution in [0.1, 0.15) is 92.9 Å². The molecule has 4 aliphatic rings. The van der Waals surface area contributed by atoms with Gasteiger partial charge in [-0.2, -0.15) is 0 Å². The Labute approximate surface area is 181 Å². The number of likely N-dealkylation sites (tertiary alicyclic amines) is 3. The largest absolute Gasteiger partial charge is 0.300 e. The van der Waals surface area contributed by atoms with Crippen LogP contribution in [0.2, 0.25) is 0 Å². The summed E-state index contributed by atoms with van der Waals surface area (Å²) >= 11 is 0. The van der Waals surface area contributed by atoms with Crippen LogP contribution in [0.25, 0.3) is 0 Å². The van der Waals surface area contributed by atoms with Crippen molar-refractivity contribution in [1.82, 2.24) is 14.7 Å². The second-order valence-electron chi connectivity index (χ2n) is 13.2. The molecule has 168 valence electrons. The molecule has 0 N–H and O–H groups in total. The molecule has 3 nitrogen and oxygen atoms in total. The lowest BCUT2D eigenvalue weighted by atomic mass is 9.61. The second kappa shape index (κ2) is 8.10. The fourth-order valence-electron chi connectivity index (χ4n) is 7.00. The average Bonchev–Trinajstić information content (AvgIpc) is 2.65. The summed E-state index contributed by atoms with van der Waals surface area (Å²) in [5, 5.41) is 0. The summed E-state index contributed by atoms with van der Waals surface area (Å²) in [6.07, 6.45) is 11.5. The first-order valence-electron chi connectivity index (χ1n) is 12.8. The molecule has 29 heavy (non-hydrogen) atoms. The molecule has 0 unspecified atom stereocenters. The van der Waals surface area contributed by atoms with Gasteiger partial charge in [0, 0.05) is 43.8 Å². The third-order valence-electron chi connectivity index (χ3n) is 9.29. The molecule has 1 saturated carbocycles. The van der Waals surface area contributed by atoms with Crippen LogP contribution in [0.5, 0.6) is 0 Å². The summed E-state index contributed by atoms with van der Waals surface area (Å²) in [6, 6.07) is 1.73. The highest BCUT2D eigenvalue weighted by Gasteiger charge is 2.48. The van der Waals surface area contributed by atoms with Gasteiger partial charge in [0.2, 0.25) is 0 Å². The van der Waals surface area contributed by atoms with Crippen molar-refractivity contribution in [2.24, 2.45) is 16.7 Å². The van der Waals surface area contributed by atoms with E-state index in [4.69, 9.17) is 0 Å². The third-order valence-corrected chi connectivity index (χ3v) is 9.29. The number of rotatable bonds is 2. The second-order valence-corrected chi connectivity index (χ2v) is 13.2. The van der Waals surface area contributed by atoms with Gasteiger partial charge < -0.3 is 4.90 Å².